The SMILES string of the molecule is COc1ccc2ncc(CN3CCOCC3)c(C(F)CCC3(CC(=O)O)CCN(CCOc4cc(F)c(F)c(F)c4)CC3)c2c1. The lowest BCUT2D eigenvalue weighted by molar-refractivity contribution is -0.141. The molecule has 244 valence electrons. The minimum Gasteiger partial charge on any atom is -0.497 e. The number of aromatic nitrogens is 1. The minimum absolute atomic E-state index is 0.0657. The Bertz CT molecular complexity index is 1460. The molecule has 45 heavy (non-hydrogen) atoms. The Kier molecular flexibility index (Phi) is 10.8. The quantitative estimate of drug-likeness (QED) is 0.184. The van der Waals surface area contributed by atoms with Crippen molar-refractivity contribution in [2.24, 2.45) is 5.41 Å². The number of aliphatic carboxylic acids is 1. The summed E-state index contributed by atoms with van der Waals surface area (Å²) in [5, 5.41) is 10.5. The maximum atomic E-state index is 16.5. The monoisotopic (exact) mass is 633 g/mol. The number of carboxylic acid groups (broad SMARTS) is 1. The molecule has 2 aliphatic rings. The molecule has 8 nitrogen and oxygen atoms in total. The van der Waals surface area contributed by atoms with Crippen molar-refractivity contribution in [3.8, 4) is 11.5 Å². The molecule has 0 bridgehead atoms. The third-order valence-corrected chi connectivity index (χ3v) is 9.01. The highest BCUT2D eigenvalue weighted by Gasteiger charge is 2.37. The molecule has 0 aliphatic carbocycles. The number of piperidine rings is 1. The predicted molar refractivity (Wildman–Crippen MR) is 160 cm³/mol. The molecule has 2 aliphatic heterocycles. The van der Waals surface area contributed by atoms with Gasteiger partial charge in [0.25, 0.3) is 0 Å². The van der Waals surface area contributed by atoms with Crippen molar-refractivity contribution in [1.29, 1.82) is 0 Å². The number of hydrogen-bond donors (Lipinski definition) is 1. The third kappa shape index (κ3) is 8.22. The van der Waals surface area contributed by atoms with E-state index < -0.39 is 35.0 Å². The van der Waals surface area contributed by atoms with E-state index in [1.807, 2.05) is 12.1 Å². The van der Waals surface area contributed by atoms with Gasteiger partial charge in [0.05, 0.1) is 32.3 Å². The lowest BCUT2D eigenvalue weighted by Gasteiger charge is -2.41. The molecule has 0 amide bonds. The van der Waals surface area contributed by atoms with Crippen LogP contribution in [0.3, 0.4) is 0 Å². The number of halogens is 4. The number of fused-ring (bicyclic) bond motifs is 1. The van der Waals surface area contributed by atoms with Gasteiger partial charge in [-0.3, -0.25) is 19.6 Å². The van der Waals surface area contributed by atoms with Gasteiger partial charge in [-0.05, 0) is 68.0 Å². The van der Waals surface area contributed by atoms with Gasteiger partial charge in [-0.1, -0.05) is 0 Å². The fourth-order valence-electron chi connectivity index (χ4n) is 6.43. The van der Waals surface area contributed by atoms with Crippen molar-refractivity contribution in [3.05, 3.63) is 65.1 Å². The highest BCUT2D eigenvalue weighted by Crippen LogP contribution is 2.43. The van der Waals surface area contributed by atoms with Gasteiger partial charge in [0.15, 0.2) is 17.5 Å². The van der Waals surface area contributed by atoms with E-state index in [0.29, 0.717) is 80.9 Å². The van der Waals surface area contributed by atoms with Gasteiger partial charge in [0.1, 0.15) is 24.3 Å². The number of nitrogens with zero attached hydrogens (tertiary/aromatic N) is 3. The molecule has 2 aromatic carbocycles. The molecule has 0 spiro atoms. The van der Waals surface area contributed by atoms with Crippen LogP contribution in [-0.4, -0.2) is 85.5 Å². The van der Waals surface area contributed by atoms with E-state index in [0.717, 1.165) is 30.8 Å². The van der Waals surface area contributed by atoms with Gasteiger partial charge in [-0.15, -0.1) is 0 Å². The summed E-state index contributed by atoms with van der Waals surface area (Å²) < 4.78 is 73.1. The summed E-state index contributed by atoms with van der Waals surface area (Å²) in [7, 11) is 1.56. The van der Waals surface area contributed by atoms with Crippen molar-refractivity contribution < 1.29 is 41.7 Å². The number of carbonyl (C=O) groups is 1. The van der Waals surface area contributed by atoms with Crippen LogP contribution in [0.1, 0.15) is 49.4 Å². The molecule has 2 saturated heterocycles. The van der Waals surface area contributed by atoms with Crippen LogP contribution in [0.5, 0.6) is 11.5 Å². The van der Waals surface area contributed by atoms with Crippen LogP contribution in [0.2, 0.25) is 0 Å². The first-order valence-corrected chi connectivity index (χ1v) is 15.3. The van der Waals surface area contributed by atoms with Crippen LogP contribution in [-0.2, 0) is 16.1 Å². The number of benzene rings is 2. The van der Waals surface area contributed by atoms with E-state index in [2.05, 4.69) is 14.8 Å². The average Bonchev–Trinajstić information content (AvgIpc) is 3.03. The number of hydrogen-bond acceptors (Lipinski definition) is 7. The van der Waals surface area contributed by atoms with Crippen molar-refractivity contribution in [1.82, 2.24) is 14.8 Å². The molecule has 1 unspecified atom stereocenters. The number of ether oxygens (including phenoxy) is 3. The number of methoxy groups -OCH3 is 1. The van der Waals surface area contributed by atoms with E-state index in [9.17, 15) is 23.1 Å². The second-order valence-electron chi connectivity index (χ2n) is 11.9. The van der Waals surface area contributed by atoms with Gasteiger partial charge in [-0.2, -0.15) is 0 Å². The lowest BCUT2D eigenvalue weighted by Crippen LogP contribution is -2.42. The minimum atomic E-state index is -1.55. The van der Waals surface area contributed by atoms with Crippen molar-refractivity contribution in [3.63, 3.8) is 0 Å². The van der Waals surface area contributed by atoms with E-state index in [-0.39, 0.29) is 25.2 Å². The topological polar surface area (TPSA) is 84.4 Å². The van der Waals surface area contributed by atoms with E-state index in [1.165, 1.54) is 0 Å². The van der Waals surface area contributed by atoms with Gasteiger partial charge in [0, 0.05) is 55.5 Å². The Balaban J connectivity index is 1.26. The molecule has 12 heteroatoms. The van der Waals surface area contributed by atoms with Crippen LogP contribution < -0.4 is 9.47 Å². The molecular weight excluding hydrogens is 594 g/mol. The summed E-state index contributed by atoms with van der Waals surface area (Å²) in [4.78, 5) is 20.8. The number of rotatable bonds is 13. The van der Waals surface area contributed by atoms with Gasteiger partial charge >= 0.3 is 5.97 Å². The Morgan fingerprint density at radius 2 is 1.76 bits per heavy atom. The molecule has 5 rings (SSSR count). The Morgan fingerprint density at radius 3 is 2.42 bits per heavy atom. The number of likely N-dealkylation sites (tertiary alicyclic amines) is 1. The molecule has 0 saturated carbocycles. The van der Waals surface area contributed by atoms with E-state index in [1.54, 1.807) is 19.4 Å². The zero-order valence-corrected chi connectivity index (χ0v) is 25.4. The van der Waals surface area contributed by atoms with Crippen molar-refractivity contribution in [2.75, 3.05) is 59.7 Å². The third-order valence-electron chi connectivity index (χ3n) is 9.01. The molecule has 1 N–H and O–H groups in total. The van der Waals surface area contributed by atoms with Crippen LogP contribution in [0.25, 0.3) is 10.9 Å². The summed E-state index contributed by atoms with van der Waals surface area (Å²) in [6.07, 6.45) is 1.99. The van der Waals surface area contributed by atoms with Crippen LogP contribution in [0.4, 0.5) is 17.6 Å². The number of alkyl halides is 1. The largest absolute Gasteiger partial charge is 0.497 e. The van der Waals surface area contributed by atoms with Crippen molar-refractivity contribution in [2.45, 2.75) is 44.8 Å². The number of morpholine rings is 1. The fourth-order valence-corrected chi connectivity index (χ4v) is 6.43. The second-order valence-corrected chi connectivity index (χ2v) is 11.9. The molecule has 0 radical (unpaired) electrons. The van der Waals surface area contributed by atoms with Crippen molar-refractivity contribution >= 4 is 16.9 Å². The first kappa shape index (κ1) is 32.9. The molecule has 1 atom stereocenters. The van der Waals surface area contributed by atoms with Crippen LogP contribution in [0, 0.1) is 22.9 Å². The molecule has 2 fully saturated rings. The summed E-state index contributed by atoms with van der Waals surface area (Å²) >= 11 is 0. The van der Waals surface area contributed by atoms with Gasteiger partial charge in [0.2, 0.25) is 0 Å². The first-order valence-electron chi connectivity index (χ1n) is 15.3. The standard InChI is InChI=1S/C33H39F4N3O5/c1-43-23-2-3-29-25(16-23)31(22(20-38-29)21-40-10-13-44-14-11-40)26(34)4-5-33(19-30(41)42)6-8-39(9-7-33)12-15-45-24-17-27(35)32(37)28(36)18-24/h2-3,16-18,20,26H,4-15,19,21H2,1H3,(H,41,42). The normalized spacial score (nSPS) is 18.2. The summed E-state index contributed by atoms with van der Waals surface area (Å²) in [5.41, 5.74) is 1.45. The average molecular weight is 634 g/mol. The predicted octanol–water partition coefficient (Wildman–Crippen LogP) is 5.92. The molecule has 3 aromatic rings. The first-order chi connectivity index (χ1) is 21.7. The number of pyridine rings is 1. The molecule has 3 heterocycles. The van der Waals surface area contributed by atoms with Gasteiger partial charge < -0.3 is 19.3 Å². The zero-order valence-electron chi connectivity index (χ0n) is 25.4. The zero-order chi connectivity index (χ0) is 32.0. The van der Waals surface area contributed by atoms with Gasteiger partial charge in [-0.25, -0.2) is 17.6 Å². The summed E-state index contributed by atoms with van der Waals surface area (Å²) in [5.74, 6) is -4.61. The Morgan fingerprint density at radius 1 is 1.04 bits per heavy atom. The second kappa shape index (κ2) is 14.7. The lowest BCUT2D eigenvalue weighted by atomic mass is 9.71. The Hall–Kier alpha value is -3.48. The number of carboxylic acids is 1. The Labute approximate surface area is 259 Å². The maximum absolute atomic E-state index is 16.5. The summed E-state index contributed by atoms with van der Waals surface area (Å²) in [6, 6.07) is 7.03. The smallest absolute Gasteiger partial charge is 0.303 e. The van der Waals surface area contributed by atoms with E-state index >= 15 is 4.39 Å². The van der Waals surface area contributed by atoms with E-state index in [4.69, 9.17) is 14.2 Å². The van der Waals surface area contributed by atoms with Crippen LogP contribution >= 0.6 is 0 Å². The highest BCUT2D eigenvalue weighted by molar-refractivity contribution is 5.85. The molecular formula is C33H39F4N3O5. The van der Waals surface area contributed by atoms with Crippen LogP contribution in [0.15, 0.2) is 36.5 Å². The molecule has 1 aromatic heterocycles. The maximum Gasteiger partial charge on any atom is 0.303 e. The summed E-state index contributed by atoms with van der Waals surface area (Å²) in [6.45, 7) is 4.95. The highest BCUT2D eigenvalue weighted by atomic mass is 19.2. The fraction of sp³-hybridized carbons (Fsp3) is 0.515.